The highest BCUT2D eigenvalue weighted by atomic mass is 35.5. The van der Waals surface area contributed by atoms with Gasteiger partial charge in [-0.15, -0.1) is 0 Å². The molecule has 1 atom stereocenters. The fraction of sp³-hybridized carbons (Fsp3) is 0.647. The van der Waals surface area contributed by atoms with Crippen molar-refractivity contribution in [2.24, 2.45) is 0 Å². The van der Waals surface area contributed by atoms with Crippen LogP contribution in [0, 0.1) is 0 Å². The Morgan fingerprint density at radius 2 is 1.95 bits per heavy atom. The summed E-state index contributed by atoms with van der Waals surface area (Å²) in [6, 6.07) is 8.97. The zero-order chi connectivity index (χ0) is 14.5. The van der Waals surface area contributed by atoms with E-state index in [-0.39, 0.29) is 0 Å². The highest BCUT2D eigenvalue weighted by molar-refractivity contribution is 6.33. The second-order valence-corrected chi connectivity index (χ2v) is 6.62. The van der Waals surface area contributed by atoms with Crippen molar-refractivity contribution in [1.82, 2.24) is 10.2 Å². The van der Waals surface area contributed by atoms with Crippen LogP contribution in [0.25, 0.3) is 0 Å². The molecule has 0 spiro atoms. The first-order chi connectivity index (χ1) is 10.3. The van der Waals surface area contributed by atoms with E-state index in [0.717, 1.165) is 37.2 Å². The second kappa shape index (κ2) is 7.48. The van der Waals surface area contributed by atoms with Crippen LogP contribution in [-0.2, 0) is 0 Å². The number of anilines is 1. The third-order valence-electron chi connectivity index (χ3n) is 4.75. The van der Waals surface area contributed by atoms with Crippen LogP contribution in [0.15, 0.2) is 24.3 Å². The number of benzene rings is 1. The Balaban J connectivity index is 1.39. The number of rotatable bonds is 5. The molecule has 0 amide bonds. The number of nitrogens with zero attached hydrogens (tertiary/aromatic N) is 2. The standard InChI is InChI=1S/C17H26ClN3/c18-16-7-1-2-8-17(16)21-13-11-20(12-14-21)10-4-6-15-5-3-9-19-15/h1-2,7-8,15,19H,3-6,9-14H2. The average Bonchev–Trinajstić information content (AvgIpc) is 3.02. The van der Waals surface area contributed by atoms with Crippen LogP contribution in [0.1, 0.15) is 25.7 Å². The molecule has 0 radical (unpaired) electrons. The lowest BCUT2D eigenvalue weighted by Crippen LogP contribution is -2.46. The zero-order valence-corrected chi connectivity index (χ0v) is 13.5. The van der Waals surface area contributed by atoms with Crippen molar-refractivity contribution in [3.05, 3.63) is 29.3 Å². The van der Waals surface area contributed by atoms with E-state index in [4.69, 9.17) is 11.6 Å². The molecule has 3 rings (SSSR count). The van der Waals surface area contributed by atoms with Gasteiger partial charge in [0.05, 0.1) is 10.7 Å². The van der Waals surface area contributed by atoms with Gasteiger partial charge in [0.2, 0.25) is 0 Å². The molecule has 0 bridgehead atoms. The maximum absolute atomic E-state index is 6.29. The first kappa shape index (κ1) is 15.1. The molecule has 1 aromatic carbocycles. The lowest BCUT2D eigenvalue weighted by molar-refractivity contribution is 0.249. The number of para-hydroxylation sites is 1. The molecule has 116 valence electrons. The molecule has 2 fully saturated rings. The Hall–Kier alpha value is -0.770. The molecule has 1 unspecified atom stereocenters. The third kappa shape index (κ3) is 4.12. The molecule has 1 aromatic rings. The van der Waals surface area contributed by atoms with Crippen molar-refractivity contribution in [2.45, 2.75) is 31.7 Å². The smallest absolute Gasteiger partial charge is 0.0639 e. The van der Waals surface area contributed by atoms with Gasteiger partial charge in [-0.1, -0.05) is 23.7 Å². The van der Waals surface area contributed by atoms with Gasteiger partial charge in [-0.05, 0) is 50.9 Å². The van der Waals surface area contributed by atoms with Crippen LogP contribution in [-0.4, -0.2) is 50.2 Å². The topological polar surface area (TPSA) is 18.5 Å². The summed E-state index contributed by atoms with van der Waals surface area (Å²) in [6.07, 6.45) is 5.40. The number of hydrogen-bond acceptors (Lipinski definition) is 3. The summed E-state index contributed by atoms with van der Waals surface area (Å²) in [5, 5.41) is 4.46. The molecule has 2 aliphatic heterocycles. The average molecular weight is 308 g/mol. The second-order valence-electron chi connectivity index (χ2n) is 6.22. The van der Waals surface area contributed by atoms with Gasteiger partial charge < -0.3 is 10.2 Å². The van der Waals surface area contributed by atoms with E-state index in [9.17, 15) is 0 Å². The normalized spacial score (nSPS) is 23.7. The summed E-state index contributed by atoms with van der Waals surface area (Å²) in [5.41, 5.74) is 1.19. The molecule has 2 heterocycles. The SMILES string of the molecule is Clc1ccccc1N1CCN(CCCC2CCCN2)CC1. The molecule has 0 saturated carbocycles. The van der Waals surface area contributed by atoms with Crippen LogP contribution < -0.4 is 10.2 Å². The van der Waals surface area contributed by atoms with E-state index in [2.05, 4.69) is 27.2 Å². The first-order valence-corrected chi connectivity index (χ1v) is 8.66. The van der Waals surface area contributed by atoms with E-state index in [1.807, 2.05) is 12.1 Å². The number of halogens is 1. The van der Waals surface area contributed by atoms with E-state index >= 15 is 0 Å². The highest BCUT2D eigenvalue weighted by Gasteiger charge is 2.19. The minimum Gasteiger partial charge on any atom is -0.368 e. The van der Waals surface area contributed by atoms with Gasteiger partial charge in [-0.3, -0.25) is 4.90 Å². The van der Waals surface area contributed by atoms with Gasteiger partial charge in [0, 0.05) is 32.2 Å². The molecule has 0 aromatic heterocycles. The van der Waals surface area contributed by atoms with Gasteiger partial charge in [-0.2, -0.15) is 0 Å². The summed E-state index contributed by atoms with van der Waals surface area (Å²) in [7, 11) is 0. The number of nitrogens with one attached hydrogen (secondary N) is 1. The minimum absolute atomic E-state index is 0.786. The van der Waals surface area contributed by atoms with Gasteiger partial charge >= 0.3 is 0 Å². The van der Waals surface area contributed by atoms with E-state index < -0.39 is 0 Å². The number of piperazine rings is 1. The van der Waals surface area contributed by atoms with Crippen molar-refractivity contribution in [1.29, 1.82) is 0 Å². The van der Waals surface area contributed by atoms with Gasteiger partial charge in [0.25, 0.3) is 0 Å². The Bertz CT molecular complexity index is 437. The fourth-order valence-electron chi connectivity index (χ4n) is 3.48. The lowest BCUT2D eigenvalue weighted by Gasteiger charge is -2.36. The summed E-state index contributed by atoms with van der Waals surface area (Å²) in [5.74, 6) is 0. The van der Waals surface area contributed by atoms with Gasteiger partial charge in [0.1, 0.15) is 0 Å². The molecule has 2 aliphatic rings. The number of hydrogen-bond donors (Lipinski definition) is 1. The highest BCUT2D eigenvalue weighted by Crippen LogP contribution is 2.26. The fourth-order valence-corrected chi connectivity index (χ4v) is 3.74. The molecule has 0 aliphatic carbocycles. The van der Waals surface area contributed by atoms with Gasteiger partial charge in [-0.25, -0.2) is 0 Å². The Morgan fingerprint density at radius 3 is 2.67 bits per heavy atom. The van der Waals surface area contributed by atoms with Crippen molar-refractivity contribution >= 4 is 17.3 Å². The van der Waals surface area contributed by atoms with Crippen LogP contribution in [0.2, 0.25) is 5.02 Å². The third-order valence-corrected chi connectivity index (χ3v) is 5.07. The molecule has 3 nitrogen and oxygen atoms in total. The monoisotopic (exact) mass is 307 g/mol. The van der Waals surface area contributed by atoms with Crippen molar-refractivity contribution in [3.8, 4) is 0 Å². The van der Waals surface area contributed by atoms with Crippen LogP contribution in [0.4, 0.5) is 5.69 Å². The van der Waals surface area contributed by atoms with Crippen molar-refractivity contribution in [2.75, 3.05) is 44.2 Å². The summed E-state index contributed by atoms with van der Waals surface area (Å²) in [4.78, 5) is 5.01. The molecular formula is C17H26ClN3. The van der Waals surface area contributed by atoms with Crippen molar-refractivity contribution < 1.29 is 0 Å². The molecule has 4 heteroatoms. The largest absolute Gasteiger partial charge is 0.368 e. The summed E-state index contributed by atoms with van der Waals surface area (Å²) >= 11 is 6.29. The van der Waals surface area contributed by atoms with Crippen molar-refractivity contribution in [3.63, 3.8) is 0 Å². The van der Waals surface area contributed by atoms with Gasteiger partial charge in [0.15, 0.2) is 0 Å². The molecule has 21 heavy (non-hydrogen) atoms. The lowest BCUT2D eigenvalue weighted by atomic mass is 10.1. The van der Waals surface area contributed by atoms with E-state index in [1.165, 1.54) is 44.5 Å². The van der Waals surface area contributed by atoms with E-state index in [1.54, 1.807) is 0 Å². The van der Waals surface area contributed by atoms with Crippen LogP contribution >= 0.6 is 11.6 Å². The molecule has 2 saturated heterocycles. The Morgan fingerprint density at radius 1 is 1.14 bits per heavy atom. The Kier molecular flexibility index (Phi) is 5.39. The predicted octanol–water partition coefficient (Wildman–Crippen LogP) is 2.99. The molecule has 1 N–H and O–H groups in total. The maximum Gasteiger partial charge on any atom is 0.0639 e. The van der Waals surface area contributed by atoms with Crippen LogP contribution in [0.3, 0.4) is 0 Å². The quantitative estimate of drug-likeness (QED) is 0.902. The zero-order valence-electron chi connectivity index (χ0n) is 12.7. The maximum atomic E-state index is 6.29. The molecular weight excluding hydrogens is 282 g/mol. The predicted molar refractivity (Wildman–Crippen MR) is 90.4 cm³/mol. The summed E-state index contributed by atoms with van der Waals surface area (Å²) in [6.45, 7) is 6.96. The Labute approximate surface area is 133 Å². The minimum atomic E-state index is 0.786. The van der Waals surface area contributed by atoms with Crippen LogP contribution in [0.5, 0.6) is 0 Å². The summed E-state index contributed by atoms with van der Waals surface area (Å²) < 4.78 is 0. The first-order valence-electron chi connectivity index (χ1n) is 8.28. The van der Waals surface area contributed by atoms with E-state index in [0.29, 0.717) is 0 Å².